The van der Waals surface area contributed by atoms with Crippen molar-refractivity contribution in [1.82, 2.24) is 4.98 Å². The number of para-hydroxylation sites is 1. The predicted molar refractivity (Wildman–Crippen MR) is 99.6 cm³/mol. The first-order chi connectivity index (χ1) is 11.5. The fraction of sp³-hybridized carbons (Fsp3) is 0.158. The number of carbonyl (C=O) groups is 1. The fourth-order valence-electron chi connectivity index (χ4n) is 2.60. The Labute approximate surface area is 145 Å². The number of hydrogen-bond acceptors (Lipinski definition) is 3. The van der Waals surface area contributed by atoms with Gasteiger partial charge in [-0.1, -0.05) is 35.9 Å². The Morgan fingerprint density at radius 2 is 1.88 bits per heavy atom. The van der Waals surface area contributed by atoms with Gasteiger partial charge in [0, 0.05) is 35.8 Å². The van der Waals surface area contributed by atoms with Gasteiger partial charge in [0.05, 0.1) is 5.52 Å². The van der Waals surface area contributed by atoms with Gasteiger partial charge in [-0.15, -0.1) is 0 Å². The molecule has 0 aliphatic carbocycles. The zero-order chi connectivity index (χ0) is 17.1. The monoisotopic (exact) mass is 339 g/mol. The number of hydrogen-bond donors (Lipinski definition) is 2. The lowest BCUT2D eigenvalue weighted by atomic mass is 10.1. The molecular formula is C19H18ClN3O. The van der Waals surface area contributed by atoms with Crippen molar-refractivity contribution >= 4 is 39.8 Å². The molecule has 1 heterocycles. The van der Waals surface area contributed by atoms with Crippen LogP contribution in [0.25, 0.3) is 10.9 Å². The smallest absolute Gasteiger partial charge is 0.221 e. The number of nitrogens with zero attached hydrogens (tertiary/aromatic N) is 1. The maximum Gasteiger partial charge on any atom is 0.221 e. The summed E-state index contributed by atoms with van der Waals surface area (Å²) in [6.45, 7) is 4.02. The SMILES string of the molecule is CC(=O)Nc1cccc(NCc2cc3ccccc3nc2Cl)c1C. The molecule has 3 aromatic rings. The van der Waals surface area contributed by atoms with Crippen LogP contribution in [-0.4, -0.2) is 10.9 Å². The van der Waals surface area contributed by atoms with Crippen molar-refractivity contribution in [3.63, 3.8) is 0 Å². The summed E-state index contributed by atoms with van der Waals surface area (Å²) < 4.78 is 0. The van der Waals surface area contributed by atoms with Crippen LogP contribution in [0.5, 0.6) is 0 Å². The van der Waals surface area contributed by atoms with Crippen LogP contribution in [-0.2, 0) is 11.3 Å². The molecule has 1 aromatic heterocycles. The highest BCUT2D eigenvalue weighted by atomic mass is 35.5. The van der Waals surface area contributed by atoms with E-state index in [4.69, 9.17) is 11.6 Å². The number of aromatic nitrogens is 1. The van der Waals surface area contributed by atoms with Crippen LogP contribution >= 0.6 is 11.6 Å². The minimum Gasteiger partial charge on any atom is -0.381 e. The van der Waals surface area contributed by atoms with Gasteiger partial charge in [-0.05, 0) is 36.8 Å². The number of benzene rings is 2. The van der Waals surface area contributed by atoms with Crippen LogP contribution in [0, 0.1) is 6.92 Å². The van der Waals surface area contributed by atoms with E-state index < -0.39 is 0 Å². The van der Waals surface area contributed by atoms with E-state index in [2.05, 4.69) is 15.6 Å². The number of rotatable bonds is 4. The predicted octanol–water partition coefficient (Wildman–Crippen LogP) is 4.77. The zero-order valence-corrected chi connectivity index (χ0v) is 14.3. The Morgan fingerprint density at radius 3 is 2.67 bits per heavy atom. The van der Waals surface area contributed by atoms with Gasteiger partial charge in [0.2, 0.25) is 5.91 Å². The van der Waals surface area contributed by atoms with Crippen LogP contribution in [0.1, 0.15) is 18.1 Å². The molecule has 0 aliphatic rings. The quantitative estimate of drug-likeness (QED) is 0.673. The molecule has 5 heteroatoms. The second-order valence-electron chi connectivity index (χ2n) is 5.64. The molecule has 0 saturated heterocycles. The number of amides is 1. The molecule has 4 nitrogen and oxygen atoms in total. The van der Waals surface area contributed by atoms with Crippen molar-refractivity contribution in [2.24, 2.45) is 0 Å². The van der Waals surface area contributed by atoms with Crippen molar-refractivity contribution in [3.8, 4) is 0 Å². The molecule has 1 amide bonds. The summed E-state index contributed by atoms with van der Waals surface area (Å²) in [6.07, 6.45) is 0. The van der Waals surface area contributed by atoms with Crippen molar-refractivity contribution in [2.45, 2.75) is 20.4 Å². The minimum absolute atomic E-state index is 0.0861. The van der Waals surface area contributed by atoms with Crippen molar-refractivity contribution in [1.29, 1.82) is 0 Å². The average Bonchev–Trinajstić information content (AvgIpc) is 2.55. The normalized spacial score (nSPS) is 10.6. The van der Waals surface area contributed by atoms with E-state index in [0.29, 0.717) is 11.7 Å². The fourth-order valence-corrected chi connectivity index (χ4v) is 2.82. The second-order valence-corrected chi connectivity index (χ2v) is 6.00. The van der Waals surface area contributed by atoms with Gasteiger partial charge in [0.25, 0.3) is 0 Å². The van der Waals surface area contributed by atoms with Crippen molar-refractivity contribution in [3.05, 3.63) is 64.8 Å². The molecule has 2 N–H and O–H groups in total. The summed E-state index contributed by atoms with van der Waals surface area (Å²) in [5.41, 5.74) is 4.55. The molecule has 0 aliphatic heterocycles. The highest BCUT2D eigenvalue weighted by Gasteiger charge is 2.08. The van der Waals surface area contributed by atoms with Gasteiger partial charge < -0.3 is 10.6 Å². The van der Waals surface area contributed by atoms with Crippen LogP contribution in [0.15, 0.2) is 48.5 Å². The number of carbonyl (C=O) groups excluding carboxylic acids is 1. The van der Waals surface area contributed by atoms with Gasteiger partial charge >= 0.3 is 0 Å². The standard InChI is InChI=1S/C19H18ClN3O/c1-12-16(8-5-9-17(12)22-13(2)24)21-11-15-10-14-6-3-4-7-18(14)23-19(15)20/h3-10,21H,11H2,1-2H3,(H,22,24). The van der Waals surface area contributed by atoms with E-state index in [9.17, 15) is 4.79 Å². The molecular weight excluding hydrogens is 322 g/mol. The number of pyridine rings is 1. The lowest BCUT2D eigenvalue weighted by molar-refractivity contribution is -0.114. The van der Waals surface area contributed by atoms with Crippen LogP contribution in [0.3, 0.4) is 0 Å². The topological polar surface area (TPSA) is 54.0 Å². The van der Waals surface area contributed by atoms with Gasteiger partial charge in [-0.3, -0.25) is 4.79 Å². The molecule has 0 saturated carbocycles. The summed E-state index contributed by atoms with van der Waals surface area (Å²) in [4.78, 5) is 15.7. The summed E-state index contributed by atoms with van der Waals surface area (Å²) >= 11 is 6.30. The zero-order valence-electron chi connectivity index (χ0n) is 13.6. The van der Waals surface area contributed by atoms with Gasteiger partial charge in [-0.25, -0.2) is 4.98 Å². The first-order valence-corrected chi connectivity index (χ1v) is 8.07. The number of fused-ring (bicyclic) bond motifs is 1. The maximum atomic E-state index is 11.3. The van der Waals surface area contributed by atoms with Crippen molar-refractivity contribution in [2.75, 3.05) is 10.6 Å². The second kappa shape index (κ2) is 6.89. The highest BCUT2D eigenvalue weighted by molar-refractivity contribution is 6.30. The summed E-state index contributed by atoms with van der Waals surface area (Å²) in [6, 6.07) is 15.7. The van der Waals surface area contributed by atoms with E-state index in [1.54, 1.807) is 0 Å². The molecule has 2 aromatic carbocycles. The van der Waals surface area contributed by atoms with E-state index in [1.807, 2.05) is 55.5 Å². The molecule has 0 radical (unpaired) electrons. The van der Waals surface area contributed by atoms with E-state index in [1.165, 1.54) is 6.92 Å². The lowest BCUT2D eigenvalue weighted by Gasteiger charge is -2.14. The van der Waals surface area contributed by atoms with Gasteiger partial charge in [0.1, 0.15) is 5.15 Å². The van der Waals surface area contributed by atoms with E-state index >= 15 is 0 Å². The third kappa shape index (κ3) is 3.49. The molecule has 3 rings (SSSR count). The molecule has 0 atom stereocenters. The molecule has 0 fully saturated rings. The molecule has 0 bridgehead atoms. The largest absolute Gasteiger partial charge is 0.381 e. The number of anilines is 2. The molecule has 0 spiro atoms. The van der Waals surface area contributed by atoms with Crippen LogP contribution in [0.2, 0.25) is 5.15 Å². The van der Waals surface area contributed by atoms with Crippen molar-refractivity contribution < 1.29 is 4.79 Å². The molecule has 122 valence electrons. The highest BCUT2D eigenvalue weighted by Crippen LogP contribution is 2.26. The third-order valence-corrected chi connectivity index (χ3v) is 4.19. The Bertz CT molecular complexity index is 908. The Kier molecular flexibility index (Phi) is 4.67. The minimum atomic E-state index is -0.0861. The summed E-state index contributed by atoms with van der Waals surface area (Å²) in [5.74, 6) is -0.0861. The third-order valence-electron chi connectivity index (χ3n) is 3.86. The Balaban J connectivity index is 1.83. The number of nitrogens with one attached hydrogen (secondary N) is 2. The molecule has 0 unspecified atom stereocenters. The first-order valence-electron chi connectivity index (χ1n) is 7.70. The summed E-state index contributed by atoms with van der Waals surface area (Å²) in [7, 11) is 0. The first kappa shape index (κ1) is 16.3. The number of halogens is 1. The maximum absolute atomic E-state index is 11.3. The molecule has 24 heavy (non-hydrogen) atoms. The van der Waals surface area contributed by atoms with Gasteiger partial charge in [-0.2, -0.15) is 0 Å². The van der Waals surface area contributed by atoms with Crippen LogP contribution in [0.4, 0.5) is 11.4 Å². The van der Waals surface area contributed by atoms with E-state index in [-0.39, 0.29) is 5.91 Å². The van der Waals surface area contributed by atoms with Crippen LogP contribution < -0.4 is 10.6 Å². The van der Waals surface area contributed by atoms with E-state index in [0.717, 1.165) is 33.4 Å². The Hall–Kier alpha value is -2.59. The summed E-state index contributed by atoms with van der Waals surface area (Å²) in [5, 5.41) is 7.76. The average molecular weight is 340 g/mol. The Morgan fingerprint density at radius 1 is 1.12 bits per heavy atom. The van der Waals surface area contributed by atoms with Gasteiger partial charge in [0.15, 0.2) is 0 Å². The lowest BCUT2D eigenvalue weighted by Crippen LogP contribution is -2.09.